The van der Waals surface area contributed by atoms with Crippen LogP contribution in [0.15, 0.2) is 35.1 Å². The van der Waals surface area contributed by atoms with Crippen LogP contribution in [-0.2, 0) is 16.6 Å². The van der Waals surface area contributed by atoms with Gasteiger partial charge in [0, 0.05) is 29.7 Å². The molecule has 2 aromatic rings. The summed E-state index contributed by atoms with van der Waals surface area (Å²) in [7, 11) is 1.76. The number of rotatable bonds is 4. The molecule has 0 amide bonds. The van der Waals surface area contributed by atoms with E-state index in [-0.39, 0.29) is 11.0 Å². The molecular weight excluding hydrogens is 326 g/mol. The maximum absolute atomic E-state index is 12.7. The highest BCUT2D eigenvalue weighted by Gasteiger charge is 2.44. The molecule has 1 fully saturated rings. The number of nitrogens with one attached hydrogen (secondary N) is 1. The molecule has 138 valence electrons. The zero-order valence-corrected chi connectivity index (χ0v) is 15.6. The van der Waals surface area contributed by atoms with E-state index in [1.807, 2.05) is 30.3 Å². The van der Waals surface area contributed by atoms with Crippen molar-refractivity contribution in [2.75, 3.05) is 26.8 Å². The van der Waals surface area contributed by atoms with Gasteiger partial charge >= 0.3 is 0 Å². The quantitative estimate of drug-likeness (QED) is 0.918. The zero-order chi connectivity index (χ0) is 18.1. The second-order valence-corrected chi connectivity index (χ2v) is 7.73. The Bertz CT molecular complexity index is 823. The van der Waals surface area contributed by atoms with Crippen LogP contribution in [0.4, 0.5) is 0 Å². The third-order valence-corrected chi connectivity index (χ3v) is 6.20. The van der Waals surface area contributed by atoms with E-state index < -0.39 is 0 Å². The lowest BCUT2D eigenvalue weighted by Gasteiger charge is -2.41. The van der Waals surface area contributed by atoms with Gasteiger partial charge in [-0.3, -0.25) is 9.69 Å². The lowest BCUT2D eigenvalue weighted by atomic mass is 9.76. The van der Waals surface area contributed by atoms with Crippen molar-refractivity contribution in [2.45, 2.75) is 44.1 Å². The summed E-state index contributed by atoms with van der Waals surface area (Å²) in [5, 5.41) is 0. The molecule has 1 unspecified atom stereocenters. The molecule has 0 bridgehead atoms. The van der Waals surface area contributed by atoms with E-state index in [4.69, 9.17) is 9.72 Å². The number of hydrogen-bond donors (Lipinski definition) is 1. The van der Waals surface area contributed by atoms with Gasteiger partial charge in [0.1, 0.15) is 5.82 Å². The summed E-state index contributed by atoms with van der Waals surface area (Å²) in [5.41, 5.74) is 3.04. The fourth-order valence-corrected chi connectivity index (χ4v) is 4.61. The summed E-state index contributed by atoms with van der Waals surface area (Å²) in [5.74, 6) is 0.700. The van der Waals surface area contributed by atoms with Crippen molar-refractivity contribution in [3.05, 3.63) is 51.9 Å². The van der Waals surface area contributed by atoms with Crippen molar-refractivity contribution >= 4 is 0 Å². The van der Waals surface area contributed by atoms with Gasteiger partial charge in [-0.1, -0.05) is 30.3 Å². The number of methoxy groups -OCH3 is 1. The molecule has 1 saturated heterocycles. The number of aromatic nitrogens is 2. The molecule has 1 aliphatic carbocycles. The van der Waals surface area contributed by atoms with Crippen LogP contribution in [-0.4, -0.2) is 47.7 Å². The fourth-order valence-electron chi connectivity index (χ4n) is 4.61. The van der Waals surface area contributed by atoms with Crippen LogP contribution in [0.3, 0.4) is 0 Å². The van der Waals surface area contributed by atoms with E-state index in [1.165, 1.54) is 0 Å². The van der Waals surface area contributed by atoms with Crippen LogP contribution >= 0.6 is 0 Å². The minimum atomic E-state index is 0.0425. The number of hydrogen-bond acceptors (Lipinski definition) is 4. The normalized spacial score (nSPS) is 20.2. The van der Waals surface area contributed by atoms with Crippen molar-refractivity contribution in [1.29, 1.82) is 0 Å². The fraction of sp³-hybridized carbons (Fsp3) is 0.524. The van der Waals surface area contributed by atoms with Crippen molar-refractivity contribution < 1.29 is 4.74 Å². The Balaban J connectivity index is 1.64. The minimum Gasteiger partial charge on any atom is -0.383 e. The van der Waals surface area contributed by atoms with Crippen molar-refractivity contribution in [2.24, 2.45) is 0 Å². The molecule has 5 heteroatoms. The van der Waals surface area contributed by atoms with Gasteiger partial charge in [0.25, 0.3) is 5.56 Å². The first kappa shape index (κ1) is 17.4. The molecule has 1 aromatic carbocycles. The highest BCUT2D eigenvalue weighted by molar-refractivity contribution is 5.55. The Morgan fingerprint density at radius 2 is 1.96 bits per heavy atom. The Labute approximate surface area is 154 Å². The first-order valence-electron chi connectivity index (χ1n) is 9.55. The van der Waals surface area contributed by atoms with Gasteiger partial charge in [-0.05, 0) is 45.7 Å². The summed E-state index contributed by atoms with van der Waals surface area (Å²) in [6.07, 6.45) is 4.03. The number of benzene rings is 1. The van der Waals surface area contributed by atoms with E-state index in [2.05, 4.69) is 16.8 Å². The van der Waals surface area contributed by atoms with Gasteiger partial charge in [-0.2, -0.15) is 0 Å². The highest BCUT2D eigenvalue weighted by atomic mass is 16.5. The lowest BCUT2D eigenvalue weighted by Crippen LogP contribution is -2.47. The van der Waals surface area contributed by atoms with E-state index in [0.29, 0.717) is 11.9 Å². The molecule has 2 aliphatic rings. The first-order valence-corrected chi connectivity index (χ1v) is 9.55. The number of aromatic amines is 1. The van der Waals surface area contributed by atoms with Crippen LogP contribution in [0.25, 0.3) is 11.4 Å². The highest BCUT2D eigenvalue weighted by Crippen LogP contribution is 2.44. The molecule has 0 radical (unpaired) electrons. The predicted molar refractivity (Wildman–Crippen MR) is 102 cm³/mol. The Morgan fingerprint density at radius 1 is 1.23 bits per heavy atom. The topological polar surface area (TPSA) is 58.2 Å². The van der Waals surface area contributed by atoms with Crippen LogP contribution in [0.2, 0.25) is 0 Å². The maximum atomic E-state index is 12.7. The molecule has 1 N–H and O–H groups in total. The summed E-state index contributed by atoms with van der Waals surface area (Å²) in [6, 6.07) is 10.4. The van der Waals surface area contributed by atoms with Crippen LogP contribution in [0, 0.1) is 0 Å². The molecule has 1 aliphatic heterocycles. The van der Waals surface area contributed by atoms with Gasteiger partial charge < -0.3 is 9.72 Å². The molecule has 5 nitrogen and oxygen atoms in total. The van der Waals surface area contributed by atoms with Gasteiger partial charge in [-0.25, -0.2) is 4.98 Å². The van der Waals surface area contributed by atoms with Gasteiger partial charge in [0.05, 0.1) is 12.3 Å². The second kappa shape index (κ2) is 6.97. The number of likely N-dealkylation sites (tertiary alicyclic amines) is 1. The third kappa shape index (κ3) is 2.99. The summed E-state index contributed by atoms with van der Waals surface area (Å²) in [4.78, 5) is 23.1. The molecule has 1 aromatic heterocycles. The summed E-state index contributed by atoms with van der Waals surface area (Å²) >= 11 is 0. The maximum Gasteiger partial charge on any atom is 0.254 e. The summed E-state index contributed by atoms with van der Waals surface area (Å²) < 4.78 is 5.31. The van der Waals surface area contributed by atoms with E-state index in [9.17, 15) is 4.79 Å². The molecule has 1 atom stereocenters. The predicted octanol–water partition coefficient (Wildman–Crippen LogP) is 2.75. The number of ether oxygens (including phenoxy) is 1. The van der Waals surface area contributed by atoms with Crippen LogP contribution < -0.4 is 5.56 Å². The Hall–Kier alpha value is -1.98. The second-order valence-electron chi connectivity index (χ2n) is 7.73. The average molecular weight is 353 g/mol. The SMILES string of the molecule is COCC(C)N1CCC2(CCc3c2nc(-c2ccccc2)[nH]c3=O)CC1. The number of H-pyrrole nitrogens is 1. The molecular formula is C21H27N3O2. The largest absolute Gasteiger partial charge is 0.383 e. The van der Waals surface area contributed by atoms with Gasteiger partial charge in [-0.15, -0.1) is 0 Å². The van der Waals surface area contributed by atoms with Gasteiger partial charge in [0.2, 0.25) is 0 Å². The lowest BCUT2D eigenvalue weighted by molar-refractivity contribution is 0.0646. The zero-order valence-electron chi connectivity index (χ0n) is 15.6. The third-order valence-electron chi connectivity index (χ3n) is 6.20. The van der Waals surface area contributed by atoms with Crippen molar-refractivity contribution in [1.82, 2.24) is 14.9 Å². The smallest absolute Gasteiger partial charge is 0.254 e. The average Bonchev–Trinajstić information content (AvgIpc) is 3.02. The van der Waals surface area contributed by atoms with Crippen molar-refractivity contribution in [3.63, 3.8) is 0 Å². The van der Waals surface area contributed by atoms with E-state index in [1.54, 1.807) is 7.11 Å². The van der Waals surface area contributed by atoms with Crippen LogP contribution in [0.5, 0.6) is 0 Å². The monoisotopic (exact) mass is 353 g/mol. The van der Waals surface area contributed by atoms with E-state index >= 15 is 0 Å². The van der Waals surface area contributed by atoms with Crippen LogP contribution in [0.1, 0.15) is 37.4 Å². The molecule has 1 spiro atoms. The molecule has 2 heterocycles. The van der Waals surface area contributed by atoms with E-state index in [0.717, 1.165) is 62.2 Å². The number of nitrogens with zero attached hydrogens (tertiary/aromatic N) is 2. The first-order chi connectivity index (χ1) is 12.6. The number of piperidine rings is 1. The molecule has 0 saturated carbocycles. The van der Waals surface area contributed by atoms with Crippen molar-refractivity contribution in [3.8, 4) is 11.4 Å². The van der Waals surface area contributed by atoms with Gasteiger partial charge in [0.15, 0.2) is 0 Å². The molecule has 4 rings (SSSR count). The summed E-state index contributed by atoms with van der Waals surface area (Å²) in [6.45, 7) is 5.07. The standard InChI is InChI=1S/C21H27N3O2/c1-15(14-26-2)24-12-10-21(11-13-24)9-8-17-18(21)22-19(23-20(17)25)16-6-4-3-5-7-16/h3-7,15H,8-14H2,1-2H3,(H,22,23,25). The molecule has 26 heavy (non-hydrogen) atoms. The Kier molecular flexibility index (Phi) is 4.67. The minimum absolute atomic E-state index is 0.0425. The Morgan fingerprint density at radius 3 is 2.65 bits per heavy atom. The number of fused-ring (bicyclic) bond motifs is 2.